The van der Waals surface area contributed by atoms with Gasteiger partial charge in [0.1, 0.15) is 0 Å². The van der Waals surface area contributed by atoms with Crippen molar-refractivity contribution in [3.8, 4) is 11.8 Å². The molecule has 118 valence electrons. The second-order valence-corrected chi connectivity index (χ2v) is 5.95. The summed E-state index contributed by atoms with van der Waals surface area (Å²) in [6, 6.07) is 13.0. The second-order valence-electron chi connectivity index (χ2n) is 4.50. The molecule has 0 saturated heterocycles. The third kappa shape index (κ3) is 3.19. The van der Waals surface area contributed by atoms with E-state index in [1.807, 2.05) is 6.07 Å². The molecule has 0 fully saturated rings. The summed E-state index contributed by atoms with van der Waals surface area (Å²) >= 11 is 6.90. The number of aromatic nitrogens is 4. The Balaban J connectivity index is 1.99. The predicted octanol–water partition coefficient (Wildman–Crippen LogP) is 3.25. The number of hydrogen-bond donors (Lipinski definition) is 0. The molecule has 0 unspecified atom stereocenters. The van der Waals surface area contributed by atoms with E-state index < -0.39 is 4.92 Å². The molecule has 0 radical (unpaired) electrons. The van der Waals surface area contributed by atoms with E-state index in [0.717, 1.165) is 11.8 Å². The molecule has 24 heavy (non-hydrogen) atoms. The van der Waals surface area contributed by atoms with Gasteiger partial charge in [0.2, 0.25) is 5.16 Å². The molecule has 3 rings (SSSR count). The Kier molecular flexibility index (Phi) is 4.41. The lowest BCUT2D eigenvalue weighted by Crippen LogP contribution is -1.99. The second kappa shape index (κ2) is 6.66. The van der Waals surface area contributed by atoms with E-state index in [2.05, 4.69) is 15.5 Å². The van der Waals surface area contributed by atoms with Crippen molar-refractivity contribution in [2.75, 3.05) is 0 Å². The molecule has 0 aliphatic heterocycles. The Labute approximate surface area is 144 Å². The van der Waals surface area contributed by atoms with Gasteiger partial charge in [-0.2, -0.15) is 9.94 Å². The fourth-order valence-corrected chi connectivity index (χ4v) is 2.90. The number of nitro groups is 1. The number of benzene rings is 2. The smallest absolute Gasteiger partial charge is 0.258 e. The molecule has 2 aromatic carbocycles. The summed E-state index contributed by atoms with van der Waals surface area (Å²) in [5.74, 6) is 0. The van der Waals surface area contributed by atoms with Crippen LogP contribution in [0.2, 0.25) is 5.02 Å². The van der Waals surface area contributed by atoms with Crippen molar-refractivity contribution in [2.45, 2.75) is 10.1 Å². The van der Waals surface area contributed by atoms with Crippen molar-refractivity contribution in [3.05, 3.63) is 63.2 Å². The highest BCUT2D eigenvalue weighted by Gasteiger charge is 2.19. The first-order valence-corrected chi connectivity index (χ1v) is 7.68. The third-order valence-corrected chi connectivity index (χ3v) is 4.25. The summed E-state index contributed by atoms with van der Waals surface area (Å²) < 4.78 is 1.45. The summed E-state index contributed by atoms with van der Waals surface area (Å²) in [4.78, 5) is 11.0. The first kappa shape index (κ1) is 15.9. The topological polar surface area (TPSA) is 111 Å². The first-order valence-electron chi connectivity index (χ1n) is 6.49. The quantitative estimate of drug-likeness (QED) is 0.519. The lowest BCUT2D eigenvalue weighted by atomic mass is 10.2. The van der Waals surface area contributed by atoms with E-state index in [4.69, 9.17) is 16.9 Å². The van der Waals surface area contributed by atoms with Crippen LogP contribution < -0.4 is 0 Å². The molecule has 0 atom stereocenters. The Morgan fingerprint density at radius 1 is 1.25 bits per heavy atom. The molecule has 0 spiro atoms. The predicted molar refractivity (Wildman–Crippen MR) is 86.1 cm³/mol. The molecule has 0 N–H and O–H groups in total. The Bertz CT molecular complexity index is 951. The summed E-state index contributed by atoms with van der Waals surface area (Å²) in [7, 11) is 0. The molecule has 1 heterocycles. The van der Waals surface area contributed by atoms with E-state index in [1.54, 1.807) is 24.3 Å². The zero-order valence-corrected chi connectivity index (χ0v) is 13.4. The monoisotopic (exact) mass is 358 g/mol. The van der Waals surface area contributed by atoms with E-state index in [1.165, 1.54) is 22.9 Å². The summed E-state index contributed by atoms with van der Waals surface area (Å²) in [5, 5.41) is 32.4. The highest BCUT2D eigenvalue weighted by Crippen LogP contribution is 2.34. The zero-order valence-electron chi connectivity index (χ0n) is 11.8. The van der Waals surface area contributed by atoms with Gasteiger partial charge in [-0.1, -0.05) is 11.6 Å². The molecule has 0 saturated carbocycles. The van der Waals surface area contributed by atoms with Crippen LogP contribution in [0.5, 0.6) is 0 Å². The maximum atomic E-state index is 11.2. The average Bonchev–Trinajstić information content (AvgIpc) is 3.04. The van der Waals surface area contributed by atoms with Gasteiger partial charge in [0.15, 0.2) is 0 Å². The molecule has 0 aliphatic rings. The van der Waals surface area contributed by atoms with E-state index in [9.17, 15) is 10.1 Å². The molecule has 1 aromatic heterocycles. The minimum Gasteiger partial charge on any atom is -0.258 e. The normalized spacial score (nSPS) is 10.3. The van der Waals surface area contributed by atoms with Crippen molar-refractivity contribution in [1.82, 2.24) is 20.2 Å². The minimum atomic E-state index is -0.542. The maximum absolute atomic E-state index is 11.2. The number of hydrogen-bond acceptors (Lipinski definition) is 7. The van der Waals surface area contributed by atoms with Crippen LogP contribution in [-0.2, 0) is 0 Å². The van der Waals surface area contributed by atoms with Gasteiger partial charge in [-0.3, -0.25) is 10.1 Å². The standard InChI is InChI=1S/C14H7ClN6O2S/c15-10-2-4-11(5-3-10)20-14(17-18-19-20)24-13-6-1-9(8-16)7-12(13)21(22)23/h1-7H. The molecular weight excluding hydrogens is 352 g/mol. The number of halogens is 1. The molecule has 10 heteroatoms. The highest BCUT2D eigenvalue weighted by molar-refractivity contribution is 7.99. The number of nitrogens with zero attached hydrogens (tertiary/aromatic N) is 6. The van der Waals surface area contributed by atoms with E-state index in [0.29, 0.717) is 20.8 Å². The summed E-state index contributed by atoms with van der Waals surface area (Å²) in [5.41, 5.74) is 0.705. The van der Waals surface area contributed by atoms with Crippen molar-refractivity contribution >= 4 is 29.1 Å². The van der Waals surface area contributed by atoms with Gasteiger partial charge in [-0.05, 0) is 58.6 Å². The van der Waals surface area contributed by atoms with Crippen molar-refractivity contribution in [1.29, 1.82) is 5.26 Å². The van der Waals surface area contributed by atoms with Crippen molar-refractivity contribution in [3.63, 3.8) is 0 Å². The van der Waals surface area contributed by atoms with Gasteiger partial charge in [0, 0.05) is 11.1 Å². The SMILES string of the molecule is N#Cc1ccc(Sc2nnnn2-c2ccc(Cl)cc2)c([N+](=O)[O-])c1. The van der Waals surface area contributed by atoms with Crippen LogP contribution in [-0.4, -0.2) is 25.1 Å². The Morgan fingerprint density at radius 2 is 2.00 bits per heavy atom. The highest BCUT2D eigenvalue weighted by atomic mass is 35.5. The Hall–Kier alpha value is -2.96. The van der Waals surface area contributed by atoms with Gasteiger partial charge < -0.3 is 0 Å². The van der Waals surface area contributed by atoms with Gasteiger partial charge in [0.05, 0.1) is 27.1 Å². The van der Waals surface area contributed by atoms with E-state index >= 15 is 0 Å². The van der Waals surface area contributed by atoms with Crippen LogP contribution in [0.4, 0.5) is 5.69 Å². The van der Waals surface area contributed by atoms with Crippen molar-refractivity contribution < 1.29 is 4.92 Å². The number of nitro benzene ring substituents is 1. The fraction of sp³-hybridized carbons (Fsp3) is 0. The summed E-state index contributed by atoms with van der Waals surface area (Å²) in [6.07, 6.45) is 0. The van der Waals surface area contributed by atoms with Crippen LogP contribution >= 0.6 is 23.4 Å². The lowest BCUT2D eigenvalue weighted by Gasteiger charge is -2.05. The summed E-state index contributed by atoms with van der Waals surface area (Å²) in [6.45, 7) is 0. The minimum absolute atomic E-state index is 0.176. The molecular formula is C14H7ClN6O2S. The third-order valence-electron chi connectivity index (χ3n) is 3.00. The number of rotatable bonds is 4. The first-order chi connectivity index (χ1) is 11.6. The zero-order chi connectivity index (χ0) is 17.1. The van der Waals surface area contributed by atoms with Gasteiger partial charge in [-0.15, -0.1) is 5.10 Å². The van der Waals surface area contributed by atoms with Crippen LogP contribution in [0, 0.1) is 21.4 Å². The fourth-order valence-electron chi connectivity index (χ4n) is 1.90. The van der Waals surface area contributed by atoms with E-state index in [-0.39, 0.29) is 11.3 Å². The van der Waals surface area contributed by atoms with Gasteiger partial charge in [0.25, 0.3) is 5.69 Å². The Morgan fingerprint density at radius 3 is 2.67 bits per heavy atom. The van der Waals surface area contributed by atoms with Crippen LogP contribution in [0.25, 0.3) is 5.69 Å². The van der Waals surface area contributed by atoms with Gasteiger partial charge in [-0.25, -0.2) is 0 Å². The number of nitriles is 1. The molecule has 0 amide bonds. The van der Waals surface area contributed by atoms with Crippen LogP contribution in [0.3, 0.4) is 0 Å². The molecule has 8 nitrogen and oxygen atoms in total. The molecule has 0 bridgehead atoms. The average molecular weight is 359 g/mol. The largest absolute Gasteiger partial charge is 0.284 e. The number of tetrazole rings is 1. The maximum Gasteiger partial charge on any atom is 0.284 e. The van der Waals surface area contributed by atoms with Crippen LogP contribution in [0.15, 0.2) is 52.5 Å². The van der Waals surface area contributed by atoms with Crippen LogP contribution in [0.1, 0.15) is 5.56 Å². The van der Waals surface area contributed by atoms with Gasteiger partial charge >= 0.3 is 0 Å². The lowest BCUT2D eigenvalue weighted by molar-refractivity contribution is -0.387. The van der Waals surface area contributed by atoms with Crippen molar-refractivity contribution in [2.24, 2.45) is 0 Å². The molecule has 3 aromatic rings. The molecule has 0 aliphatic carbocycles.